The molecule has 2 heterocycles. The number of hydrogen-bond donors (Lipinski definition) is 1. The number of ether oxygens (including phenoxy) is 1. The van der Waals surface area contributed by atoms with Gasteiger partial charge in [-0.3, -0.25) is 0 Å². The first-order valence-corrected chi connectivity index (χ1v) is 6.81. The predicted octanol–water partition coefficient (Wildman–Crippen LogP) is 2.42. The molecule has 1 saturated heterocycles. The Morgan fingerprint density at radius 1 is 1.44 bits per heavy atom. The number of thiazole rings is 1. The summed E-state index contributed by atoms with van der Waals surface area (Å²) in [5.74, 6) is 0. The number of rotatable bonds is 4. The third-order valence-electron chi connectivity index (χ3n) is 3.03. The van der Waals surface area contributed by atoms with Crippen LogP contribution in [0, 0.1) is 13.8 Å². The Morgan fingerprint density at radius 3 is 2.94 bits per heavy atom. The number of nitrogens with zero attached hydrogens (tertiary/aromatic N) is 1. The van der Waals surface area contributed by atoms with Crippen LogP contribution in [-0.4, -0.2) is 24.2 Å². The van der Waals surface area contributed by atoms with Gasteiger partial charge in [0.25, 0.3) is 0 Å². The van der Waals surface area contributed by atoms with Crippen LogP contribution in [0.5, 0.6) is 0 Å². The molecule has 0 bridgehead atoms. The van der Waals surface area contributed by atoms with E-state index in [4.69, 9.17) is 4.74 Å². The second-order valence-corrected chi connectivity index (χ2v) is 5.70. The van der Waals surface area contributed by atoms with Gasteiger partial charge in [-0.15, -0.1) is 11.3 Å². The highest BCUT2D eigenvalue weighted by Crippen LogP contribution is 2.17. The zero-order valence-corrected chi connectivity index (χ0v) is 10.9. The van der Waals surface area contributed by atoms with Crippen molar-refractivity contribution in [2.45, 2.75) is 45.8 Å². The fraction of sp³-hybridized carbons (Fsp3) is 0.750. The van der Waals surface area contributed by atoms with Gasteiger partial charge in [0.1, 0.15) is 5.01 Å². The van der Waals surface area contributed by atoms with Crippen LogP contribution in [0.1, 0.15) is 34.8 Å². The lowest BCUT2D eigenvalue weighted by atomic mass is 10.1. The lowest BCUT2D eigenvalue weighted by Crippen LogP contribution is -2.37. The van der Waals surface area contributed by atoms with Crippen LogP contribution in [-0.2, 0) is 11.3 Å². The standard InChI is InChI=1S/C12H20N2OS/c1-9-10(2)16-12(14-9)8-15-7-11-5-3-4-6-13-11/h11,13H,3-8H2,1-2H3. The first kappa shape index (κ1) is 12.0. The van der Waals surface area contributed by atoms with Crippen molar-refractivity contribution in [3.63, 3.8) is 0 Å². The van der Waals surface area contributed by atoms with E-state index in [1.807, 2.05) is 0 Å². The van der Waals surface area contributed by atoms with E-state index < -0.39 is 0 Å². The van der Waals surface area contributed by atoms with E-state index in [0.29, 0.717) is 12.6 Å². The molecule has 1 unspecified atom stereocenters. The average Bonchev–Trinajstić information content (AvgIpc) is 2.60. The minimum Gasteiger partial charge on any atom is -0.373 e. The molecule has 0 spiro atoms. The summed E-state index contributed by atoms with van der Waals surface area (Å²) < 4.78 is 5.71. The van der Waals surface area contributed by atoms with Gasteiger partial charge < -0.3 is 10.1 Å². The van der Waals surface area contributed by atoms with Gasteiger partial charge in [0, 0.05) is 10.9 Å². The summed E-state index contributed by atoms with van der Waals surface area (Å²) in [7, 11) is 0. The number of aromatic nitrogens is 1. The molecule has 1 N–H and O–H groups in total. The fourth-order valence-electron chi connectivity index (χ4n) is 1.96. The summed E-state index contributed by atoms with van der Waals surface area (Å²) in [6.45, 7) is 6.79. The van der Waals surface area contributed by atoms with Gasteiger partial charge >= 0.3 is 0 Å². The summed E-state index contributed by atoms with van der Waals surface area (Å²) in [5.41, 5.74) is 1.14. The molecule has 1 aliphatic rings. The third kappa shape index (κ3) is 3.27. The Labute approximate surface area is 101 Å². The van der Waals surface area contributed by atoms with Crippen LogP contribution < -0.4 is 5.32 Å². The third-order valence-corrected chi connectivity index (χ3v) is 4.08. The molecule has 1 aromatic heterocycles. The Balaban J connectivity index is 1.71. The normalized spacial score (nSPS) is 21.2. The van der Waals surface area contributed by atoms with Gasteiger partial charge in [0.2, 0.25) is 0 Å². The molecule has 2 rings (SSSR count). The molecule has 0 aliphatic carbocycles. The van der Waals surface area contributed by atoms with Crippen LogP contribution in [0.2, 0.25) is 0 Å². The number of piperidine rings is 1. The molecule has 0 aromatic carbocycles. The Bertz CT molecular complexity index is 312. The summed E-state index contributed by atoms with van der Waals surface area (Å²) in [5, 5.41) is 4.58. The van der Waals surface area contributed by atoms with E-state index in [0.717, 1.165) is 23.9 Å². The Kier molecular flexibility index (Phi) is 4.32. The molecule has 16 heavy (non-hydrogen) atoms. The lowest BCUT2D eigenvalue weighted by Gasteiger charge is -2.22. The second-order valence-electron chi connectivity index (χ2n) is 4.41. The van der Waals surface area contributed by atoms with Gasteiger partial charge in [-0.1, -0.05) is 6.42 Å². The highest BCUT2D eigenvalue weighted by atomic mass is 32.1. The number of nitrogens with one attached hydrogen (secondary N) is 1. The van der Waals surface area contributed by atoms with Gasteiger partial charge in [0.15, 0.2) is 0 Å². The van der Waals surface area contributed by atoms with Crippen LogP contribution in [0.15, 0.2) is 0 Å². The molecule has 1 fully saturated rings. The minimum absolute atomic E-state index is 0.552. The molecular weight excluding hydrogens is 220 g/mol. The first-order chi connectivity index (χ1) is 7.75. The van der Waals surface area contributed by atoms with E-state index in [1.165, 1.54) is 24.1 Å². The van der Waals surface area contributed by atoms with Crippen molar-refractivity contribution in [2.24, 2.45) is 0 Å². The van der Waals surface area contributed by atoms with E-state index in [2.05, 4.69) is 24.1 Å². The topological polar surface area (TPSA) is 34.1 Å². The Morgan fingerprint density at radius 2 is 2.31 bits per heavy atom. The summed E-state index contributed by atoms with van der Waals surface area (Å²) in [6.07, 6.45) is 3.88. The molecule has 1 aromatic rings. The van der Waals surface area contributed by atoms with Crippen molar-refractivity contribution in [2.75, 3.05) is 13.2 Å². The molecule has 1 atom stereocenters. The summed E-state index contributed by atoms with van der Waals surface area (Å²) in [4.78, 5) is 5.77. The molecule has 1 aliphatic heterocycles. The zero-order valence-electron chi connectivity index (χ0n) is 10.1. The zero-order chi connectivity index (χ0) is 11.4. The average molecular weight is 240 g/mol. The van der Waals surface area contributed by atoms with Gasteiger partial charge in [-0.05, 0) is 33.2 Å². The SMILES string of the molecule is Cc1nc(COCC2CCCCN2)sc1C. The smallest absolute Gasteiger partial charge is 0.119 e. The van der Waals surface area contributed by atoms with E-state index in [1.54, 1.807) is 11.3 Å². The van der Waals surface area contributed by atoms with E-state index >= 15 is 0 Å². The van der Waals surface area contributed by atoms with Crippen molar-refractivity contribution in [1.82, 2.24) is 10.3 Å². The molecule has 3 nitrogen and oxygen atoms in total. The van der Waals surface area contributed by atoms with Crippen LogP contribution in [0.25, 0.3) is 0 Å². The molecule has 0 radical (unpaired) electrons. The maximum atomic E-state index is 5.71. The summed E-state index contributed by atoms with van der Waals surface area (Å²) >= 11 is 1.74. The highest BCUT2D eigenvalue weighted by molar-refractivity contribution is 7.11. The Hall–Kier alpha value is -0.450. The van der Waals surface area contributed by atoms with E-state index in [-0.39, 0.29) is 0 Å². The summed E-state index contributed by atoms with van der Waals surface area (Å²) in [6, 6.07) is 0.552. The lowest BCUT2D eigenvalue weighted by molar-refractivity contribution is 0.0909. The van der Waals surface area contributed by atoms with Crippen molar-refractivity contribution in [3.8, 4) is 0 Å². The molecule has 0 saturated carbocycles. The van der Waals surface area contributed by atoms with Gasteiger partial charge in [-0.25, -0.2) is 4.98 Å². The van der Waals surface area contributed by atoms with Crippen LogP contribution in [0.4, 0.5) is 0 Å². The van der Waals surface area contributed by atoms with Crippen molar-refractivity contribution in [1.29, 1.82) is 0 Å². The van der Waals surface area contributed by atoms with E-state index in [9.17, 15) is 0 Å². The minimum atomic E-state index is 0.552. The predicted molar refractivity (Wildman–Crippen MR) is 66.9 cm³/mol. The quantitative estimate of drug-likeness (QED) is 0.877. The van der Waals surface area contributed by atoms with Crippen molar-refractivity contribution >= 4 is 11.3 Å². The number of hydrogen-bond acceptors (Lipinski definition) is 4. The first-order valence-electron chi connectivity index (χ1n) is 6.00. The van der Waals surface area contributed by atoms with Gasteiger partial charge in [0.05, 0.1) is 18.9 Å². The number of aryl methyl sites for hydroxylation is 2. The molecule has 90 valence electrons. The highest BCUT2D eigenvalue weighted by Gasteiger charge is 2.12. The maximum absolute atomic E-state index is 5.71. The maximum Gasteiger partial charge on any atom is 0.119 e. The molecule has 0 amide bonds. The second kappa shape index (κ2) is 5.75. The van der Waals surface area contributed by atoms with Crippen molar-refractivity contribution < 1.29 is 4.74 Å². The largest absolute Gasteiger partial charge is 0.373 e. The monoisotopic (exact) mass is 240 g/mol. The van der Waals surface area contributed by atoms with Gasteiger partial charge in [-0.2, -0.15) is 0 Å². The van der Waals surface area contributed by atoms with Crippen molar-refractivity contribution in [3.05, 3.63) is 15.6 Å². The van der Waals surface area contributed by atoms with Crippen LogP contribution in [0.3, 0.4) is 0 Å². The fourth-order valence-corrected chi connectivity index (χ4v) is 2.83. The van der Waals surface area contributed by atoms with Crippen LogP contribution >= 0.6 is 11.3 Å². The molecular formula is C12H20N2OS. The molecule has 4 heteroatoms.